The minimum absolute atomic E-state index is 0.00917. The summed E-state index contributed by atoms with van der Waals surface area (Å²) in [6.45, 7) is 0. The summed E-state index contributed by atoms with van der Waals surface area (Å²) in [5.74, 6) is 0.0574. The number of aliphatic hydroxyl groups is 2. The van der Waals surface area contributed by atoms with Crippen molar-refractivity contribution in [3.8, 4) is 0 Å². The first-order valence-electron chi connectivity index (χ1n) is 5.37. The fraction of sp³-hybridized carbons (Fsp3) is 0.308. The van der Waals surface area contributed by atoms with E-state index in [9.17, 15) is 15.0 Å². The van der Waals surface area contributed by atoms with Crippen molar-refractivity contribution in [1.82, 2.24) is 0 Å². The van der Waals surface area contributed by atoms with Crippen LogP contribution in [0, 0.1) is 11.8 Å². The van der Waals surface area contributed by atoms with Gasteiger partial charge in [0.25, 0.3) is 0 Å². The minimum atomic E-state index is -0.865. The molecule has 1 aromatic carbocycles. The van der Waals surface area contributed by atoms with Crippen LogP contribution in [0.2, 0.25) is 0 Å². The summed E-state index contributed by atoms with van der Waals surface area (Å²) in [6.07, 6.45) is -0.193. The Hall–Kier alpha value is -1.61. The normalized spacial score (nSPS) is 36.1. The molecule has 2 aliphatic rings. The zero-order valence-electron chi connectivity index (χ0n) is 8.58. The predicted octanol–water partition coefficient (Wildman–Crippen LogP) is 1.40. The Bertz CT molecular complexity index is 463. The van der Waals surface area contributed by atoms with Crippen LogP contribution in [0.25, 0.3) is 0 Å². The highest BCUT2D eigenvalue weighted by Crippen LogP contribution is 2.64. The second-order valence-electron chi connectivity index (χ2n) is 4.44. The maximum atomic E-state index is 10.8. The van der Waals surface area contributed by atoms with Crippen molar-refractivity contribution in [2.75, 3.05) is 0 Å². The number of rotatable bonds is 2. The van der Waals surface area contributed by atoms with Gasteiger partial charge < -0.3 is 10.2 Å². The van der Waals surface area contributed by atoms with Gasteiger partial charge in [-0.3, -0.25) is 4.79 Å². The molecule has 0 spiro atoms. The number of aldehydes is 1. The molecule has 82 valence electrons. The Balaban J connectivity index is 1.94. The van der Waals surface area contributed by atoms with E-state index in [1.165, 1.54) is 0 Å². The Morgan fingerprint density at radius 2 is 1.81 bits per heavy atom. The zero-order chi connectivity index (χ0) is 11.3. The van der Waals surface area contributed by atoms with Crippen LogP contribution in [0.1, 0.15) is 11.5 Å². The molecule has 1 saturated carbocycles. The summed E-state index contributed by atoms with van der Waals surface area (Å²) < 4.78 is 0. The number of carbonyl (C=O) groups excluding carboxylic acids is 1. The van der Waals surface area contributed by atoms with Crippen LogP contribution in [0.15, 0.2) is 41.7 Å². The lowest BCUT2D eigenvalue weighted by atomic mass is 10.0. The van der Waals surface area contributed by atoms with Gasteiger partial charge in [0.1, 0.15) is 18.1 Å². The third-order valence-corrected chi connectivity index (χ3v) is 3.69. The summed E-state index contributed by atoms with van der Waals surface area (Å²) in [5.41, 5.74) is 1.51. The number of allylic oxidation sites excluding steroid dienone is 1. The summed E-state index contributed by atoms with van der Waals surface area (Å²) in [7, 11) is 0. The highest BCUT2D eigenvalue weighted by molar-refractivity contribution is 5.79. The first-order chi connectivity index (χ1) is 7.75. The van der Waals surface area contributed by atoms with Gasteiger partial charge in [0.15, 0.2) is 0 Å². The second kappa shape index (κ2) is 3.19. The average molecular weight is 216 g/mol. The van der Waals surface area contributed by atoms with E-state index in [0.717, 1.165) is 5.56 Å². The van der Waals surface area contributed by atoms with E-state index >= 15 is 0 Å². The van der Waals surface area contributed by atoms with E-state index in [1.807, 2.05) is 30.3 Å². The van der Waals surface area contributed by atoms with Gasteiger partial charge in [0.05, 0.1) is 0 Å². The van der Waals surface area contributed by atoms with Gasteiger partial charge >= 0.3 is 0 Å². The number of benzene rings is 1. The van der Waals surface area contributed by atoms with Crippen LogP contribution >= 0.6 is 0 Å². The Morgan fingerprint density at radius 3 is 2.44 bits per heavy atom. The van der Waals surface area contributed by atoms with Crippen LogP contribution in [0.5, 0.6) is 0 Å². The Kier molecular flexibility index (Phi) is 1.91. The second-order valence-corrected chi connectivity index (χ2v) is 4.44. The lowest BCUT2D eigenvalue weighted by Crippen LogP contribution is -2.12. The van der Waals surface area contributed by atoms with Crippen molar-refractivity contribution < 1.29 is 15.0 Å². The number of hydrogen-bond donors (Lipinski definition) is 2. The van der Waals surface area contributed by atoms with Crippen molar-refractivity contribution in [3.05, 3.63) is 47.2 Å². The molecule has 3 rings (SSSR count). The molecule has 2 N–H and O–H groups in total. The summed E-state index contributed by atoms with van der Waals surface area (Å²) in [5, 5.41) is 19.3. The quantitative estimate of drug-likeness (QED) is 0.735. The maximum absolute atomic E-state index is 10.8. The van der Waals surface area contributed by atoms with Crippen LogP contribution < -0.4 is 0 Å². The molecule has 0 saturated heterocycles. The standard InChI is InChI=1S/C13H12O3/c14-6-8-10-9(7-4-2-1-3-5-7)11(10)13(16)12(8)15/h1-6,9-11,13,15-16H. The molecule has 3 heteroatoms. The zero-order valence-corrected chi connectivity index (χ0v) is 8.58. The summed E-state index contributed by atoms with van der Waals surface area (Å²) in [4.78, 5) is 10.8. The first kappa shape index (κ1) is 9.60. The number of carbonyl (C=O) groups is 1. The average Bonchev–Trinajstić information content (AvgIpc) is 2.99. The summed E-state index contributed by atoms with van der Waals surface area (Å²) >= 11 is 0. The van der Waals surface area contributed by atoms with Gasteiger partial charge in [-0.25, -0.2) is 0 Å². The molecule has 2 aliphatic carbocycles. The Labute approximate surface area is 93.0 Å². The molecule has 4 unspecified atom stereocenters. The van der Waals surface area contributed by atoms with Gasteiger partial charge in [-0.15, -0.1) is 0 Å². The van der Waals surface area contributed by atoms with E-state index in [1.54, 1.807) is 0 Å². The SMILES string of the molecule is O=CC1=C(O)C(O)C2C1C2c1ccccc1. The van der Waals surface area contributed by atoms with Gasteiger partial charge in [-0.1, -0.05) is 30.3 Å². The maximum Gasteiger partial charge on any atom is 0.149 e. The molecule has 0 aromatic heterocycles. The number of aliphatic hydroxyl groups excluding tert-OH is 2. The van der Waals surface area contributed by atoms with Gasteiger partial charge in [0.2, 0.25) is 0 Å². The third kappa shape index (κ3) is 1.09. The fourth-order valence-electron chi connectivity index (χ4n) is 2.90. The van der Waals surface area contributed by atoms with Crippen molar-refractivity contribution in [2.45, 2.75) is 12.0 Å². The van der Waals surface area contributed by atoms with Crippen molar-refractivity contribution in [3.63, 3.8) is 0 Å². The molecule has 16 heavy (non-hydrogen) atoms. The van der Waals surface area contributed by atoms with Crippen LogP contribution in [-0.2, 0) is 4.79 Å². The molecule has 0 aliphatic heterocycles. The van der Waals surface area contributed by atoms with E-state index in [2.05, 4.69) is 0 Å². The highest BCUT2D eigenvalue weighted by atomic mass is 16.3. The lowest BCUT2D eigenvalue weighted by molar-refractivity contribution is -0.105. The van der Waals surface area contributed by atoms with Crippen LogP contribution in [-0.4, -0.2) is 22.6 Å². The topological polar surface area (TPSA) is 57.5 Å². The monoisotopic (exact) mass is 216 g/mol. The van der Waals surface area contributed by atoms with Crippen LogP contribution in [0.4, 0.5) is 0 Å². The van der Waals surface area contributed by atoms with Crippen molar-refractivity contribution in [1.29, 1.82) is 0 Å². The third-order valence-electron chi connectivity index (χ3n) is 3.69. The number of hydrogen-bond acceptors (Lipinski definition) is 3. The van der Waals surface area contributed by atoms with E-state index < -0.39 is 6.10 Å². The van der Waals surface area contributed by atoms with Gasteiger partial charge in [0, 0.05) is 17.4 Å². The predicted molar refractivity (Wildman–Crippen MR) is 57.9 cm³/mol. The van der Waals surface area contributed by atoms with Crippen LogP contribution in [0.3, 0.4) is 0 Å². The van der Waals surface area contributed by atoms with Crippen molar-refractivity contribution in [2.24, 2.45) is 11.8 Å². The number of fused-ring (bicyclic) bond motifs is 1. The first-order valence-corrected chi connectivity index (χ1v) is 5.37. The van der Waals surface area contributed by atoms with E-state index in [4.69, 9.17) is 0 Å². The molecule has 3 nitrogen and oxygen atoms in total. The molecule has 4 atom stereocenters. The van der Waals surface area contributed by atoms with Crippen molar-refractivity contribution >= 4 is 6.29 Å². The minimum Gasteiger partial charge on any atom is -0.509 e. The molecule has 0 heterocycles. The smallest absolute Gasteiger partial charge is 0.149 e. The lowest BCUT2D eigenvalue weighted by Gasteiger charge is -2.09. The highest BCUT2D eigenvalue weighted by Gasteiger charge is 2.62. The van der Waals surface area contributed by atoms with E-state index in [-0.39, 0.29) is 23.5 Å². The molecular formula is C13H12O3. The van der Waals surface area contributed by atoms with Gasteiger partial charge in [-0.05, 0) is 11.5 Å². The molecule has 0 amide bonds. The fourth-order valence-corrected chi connectivity index (χ4v) is 2.90. The van der Waals surface area contributed by atoms with Gasteiger partial charge in [-0.2, -0.15) is 0 Å². The summed E-state index contributed by atoms with van der Waals surface area (Å²) in [6, 6.07) is 9.82. The van der Waals surface area contributed by atoms with E-state index in [0.29, 0.717) is 11.9 Å². The molecule has 0 radical (unpaired) electrons. The molecule has 1 fully saturated rings. The Morgan fingerprint density at radius 1 is 1.12 bits per heavy atom. The molecule has 0 bridgehead atoms. The molecular weight excluding hydrogens is 204 g/mol. The largest absolute Gasteiger partial charge is 0.509 e. The molecule has 1 aromatic rings.